The van der Waals surface area contributed by atoms with E-state index in [1.165, 1.54) is 13.2 Å². The highest BCUT2D eigenvalue weighted by Gasteiger charge is 2.12. The SMILES string of the molecule is COC(=O)c1cccc(OC(=O)c2ccccc2C)c1. The van der Waals surface area contributed by atoms with Crippen LogP contribution in [0.3, 0.4) is 0 Å². The number of hydrogen-bond acceptors (Lipinski definition) is 4. The second-order valence-electron chi connectivity index (χ2n) is 4.22. The number of ether oxygens (including phenoxy) is 2. The van der Waals surface area contributed by atoms with Crippen LogP contribution >= 0.6 is 0 Å². The summed E-state index contributed by atoms with van der Waals surface area (Å²) < 4.78 is 9.89. The van der Waals surface area contributed by atoms with E-state index in [9.17, 15) is 9.59 Å². The molecule has 0 aliphatic rings. The van der Waals surface area contributed by atoms with Crippen molar-refractivity contribution in [2.45, 2.75) is 6.92 Å². The lowest BCUT2D eigenvalue weighted by Crippen LogP contribution is -2.10. The first kappa shape index (κ1) is 13.8. The third-order valence-electron chi connectivity index (χ3n) is 2.83. The summed E-state index contributed by atoms with van der Waals surface area (Å²) in [5.41, 5.74) is 1.67. The van der Waals surface area contributed by atoms with Crippen molar-refractivity contribution in [2.75, 3.05) is 7.11 Å². The number of aryl methyl sites for hydroxylation is 1. The minimum atomic E-state index is -0.473. The van der Waals surface area contributed by atoms with Crippen molar-refractivity contribution < 1.29 is 19.1 Å². The fraction of sp³-hybridized carbons (Fsp3) is 0.125. The van der Waals surface area contributed by atoms with E-state index in [-0.39, 0.29) is 0 Å². The lowest BCUT2D eigenvalue weighted by Gasteiger charge is -2.07. The quantitative estimate of drug-likeness (QED) is 0.635. The first-order valence-electron chi connectivity index (χ1n) is 6.08. The summed E-state index contributed by atoms with van der Waals surface area (Å²) in [6.07, 6.45) is 0. The molecule has 0 fully saturated rings. The summed E-state index contributed by atoms with van der Waals surface area (Å²) in [7, 11) is 1.30. The Labute approximate surface area is 116 Å². The molecule has 0 heterocycles. The Balaban J connectivity index is 2.20. The Bertz CT molecular complexity index is 646. The average molecular weight is 270 g/mol. The Morgan fingerprint density at radius 1 is 0.950 bits per heavy atom. The third kappa shape index (κ3) is 3.03. The van der Waals surface area contributed by atoms with Crippen molar-refractivity contribution in [1.29, 1.82) is 0 Å². The van der Waals surface area contributed by atoms with Crippen LogP contribution < -0.4 is 4.74 Å². The van der Waals surface area contributed by atoms with E-state index in [1.54, 1.807) is 30.3 Å². The molecule has 4 heteroatoms. The lowest BCUT2D eigenvalue weighted by atomic mass is 10.1. The highest BCUT2D eigenvalue weighted by molar-refractivity contribution is 5.93. The molecular formula is C16H14O4. The molecule has 4 nitrogen and oxygen atoms in total. The topological polar surface area (TPSA) is 52.6 Å². The molecule has 0 N–H and O–H groups in total. The van der Waals surface area contributed by atoms with Gasteiger partial charge < -0.3 is 9.47 Å². The minimum Gasteiger partial charge on any atom is -0.465 e. The largest absolute Gasteiger partial charge is 0.465 e. The summed E-state index contributed by atoms with van der Waals surface area (Å²) in [6, 6.07) is 13.5. The van der Waals surface area contributed by atoms with Gasteiger partial charge in [0, 0.05) is 0 Å². The second-order valence-corrected chi connectivity index (χ2v) is 4.22. The second kappa shape index (κ2) is 6.02. The van der Waals surface area contributed by atoms with E-state index in [0.29, 0.717) is 16.9 Å². The van der Waals surface area contributed by atoms with Gasteiger partial charge in [-0.05, 0) is 36.8 Å². The number of benzene rings is 2. The highest BCUT2D eigenvalue weighted by Crippen LogP contribution is 2.17. The zero-order valence-electron chi connectivity index (χ0n) is 11.3. The van der Waals surface area contributed by atoms with Crippen LogP contribution in [0.15, 0.2) is 48.5 Å². The van der Waals surface area contributed by atoms with Gasteiger partial charge in [0.2, 0.25) is 0 Å². The van der Waals surface area contributed by atoms with E-state index in [0.717, 1.165) is 5.56 Å². The van der Waals surface area contributed by atoms with Crippen LogP contribution in [-0.2, 0) is 4.74 Å². The third-order valence-corrected chi connectivity index (χ3v) is 2.83. The summed E-state index contributed by atoms with van der Waals surface area (Å²) in [4.78, 5) is 23.5. The van der Waals surface area contributed by atoms with Gasteiger partial charge in [-0.1, -0.05) is 24.3 Å². The minimum absolute atomic E-state index is 0.307. The molecule has 0 radical (unpaired) electrons. The molecule has 0 amide bonds. The van der Waals surface area contributed by atoms with Crippen LogP contribution in [0.2, 0.25) is 0 Å². The number of hydrogen-bond donors (Lipinski definition) is 0. The smallest absolute Gasteiger partial charge is 0.343 e. The van der Waals surface area contributed by atoms with Crippen LogP contribution in [0.1, 0.15) is 26.3 Å². The number of esters is 2. The Morgan fingerprint density at radius 2 is 1.70 bits per heavy atom. The van der Waals surface area contributed by atoms with Crippen molar-refractivity contribution >= 4 is 11.9 Å². The molecule has 0 unspecified atom stereocenters. The standard InChI is InChI=1S/C16H14O4/c1-11-6-3-4-9-14(11)16(18)20-13-8-5-7-12(10-13)15(17)19-2/h3-10H,1-2H3. The molecule has 2 aromatic carbocycles. The van der Waals surface area contributed by atoms with Gasteiger partial charge in [0.25, 0.3) is 0 Å². The van der Waals surface area contributed by atoms with Crippen molar-refractivity contribution in [1.82, 2.24) is 0 Å². The number of rotatable bonds is 3. The van der Waals surface area contributed by atoms with Gasteiger partial charge in [-0.2, -0.15) is 0 Å². The Kier molecular flexibility index (Phi) is 4.15. The highest BCUT2D eigenvalue weighted by atomic mass is 16.5. The van der Waals surface area contributed by atoms with E-state index >= 15 is 0 Å². The number of carbonyl (C=O) groups is 2. The zero-order valence-corrected chi connectivity index (χ0v) is 11.3. The maximum absolute atomic E-state index is 12.0. The maximum Gasteiger partial charge on any atom is 0.343 e. The van der Waals surface area contributed by atoms with Crippen molar-refractivity contribution in [2.24, 2.45) is 0 Å². The molecule has 0 atom stereocenters. The average Bonchev–Trinajstić information content (AvgIpc) is 2.47. The van der Waals surface area contributed by atoms with Crippen LogP contribution in [-0.4, -0.2) is 19.0 Å². The molecule has 102 valence electrons. The van der Waals surface area contributed by atoms with E-state index in [2.05, 4.69) is 4.74 Å². The van der Waals surface area contributed by atoms with Crippen LogP contribution in [0.4, 0.5) is 0 Å². The molecular weight excluding hydrogens is 256 g/mol. The molecule has 20 heavy (non-hydrogen) atoms. The molecule has 2 aromatic rings. The van der Waals surface area contributed by atoms with Crippen LogP contribution in [0.25, 0.3) is 0 Å². The number of methoxy groups -OCH3 is 1. The summed E-state index contributed by atoms with van der Waals surface area (Å²) >= 11 is 0. The van der Waals surface area contributed by atoms with Gasteiger partial charge in [0.05, 0.1) is 18.2 Å². The predicted molar refractivity (Wildman–Crippen MR) is 73.9 cm³/mol. The van der Waals surface area contributed by atoms with Crippen LogP contribution in [0.5, 0.6) is 5.75 Å². The molecule has 0 aromatic heterocycles. The summed E-state index contributed by atoms with van der Waals surface area (Å²) in [5, 5.41) is 0. The maximum atomic E-state index is 12.0. The summed E-state index contributed by atoms with van der Waals surface area (Å²) in [5.74, 6) is -0.620. The van der Waals surface area contributed by atoms with Gasteiger partial charge in [-0.3, -0.25) is 0 Å². The fourth-order valence-corrected chi connectivity index (χ4v) is 1.77. The van der Waals surface area contributed by atoms with Gasteiger partial charge in [-0.15, -0.1) is 0 Å². The van der Waals surface area contributed by atoms with E-state index < -0.39 is 11.9 Å². The van der Waals surface area contributed by atoms with Gasteiger partial charge in [0.15, 0.2) is 0 Å². The van der Waals surface area contributed by atoms with Crippen molar-refractivity contribution in [3.05, 3.63) is 65.2 Å². The van der Waals surface area contributed by atoms with Gasteiger partial charge >= 0.3 is 11.9 Å². The monoisotopic (exact) mass is 270 g/mol. The normalized spacial score (nSPS) is 9.90. The van der Waals surface area contributed by atoms with E-state index in [1.807, 2.05) is 19.1 Å². The molecule has 0 bridgehead atoms. The molecule has 0 spiro atoms. The van der Waals surface area contributed by atoms with Crippen molar-refractivity contribution in [3.8, 4) is 5.75 Å². The number of carbonyl (C=O) groups excluding carboxylic acids is 2. The first-order valence-corrected chi connectivity index (χ1v) is 6.08. The molecule has 0 saturated heterocycles. The van der Waals surface area contributed by atoms with Crippen molar-refractivity contribution in [3.63, 3.8) is 0 Å². The fourth-order valence-electron chi connectivity index (χ4n) is 1.77. The Hall–Kier alpha value is -2.62. The zero-order chi connectivity index (χ0) is 14.5. The molecule has 0 aliphatic carbocycles. The van der Waals surface area contributed by atoms with Crippen LogP contribution in [0, 0.1) is 6.92 Å². The molecule has 0 saturated carbocycles. The predicted octanol–water partition coefficient (Wildman–Crippen LogP) is 3.00. The Morgan fingerprint density at radius 3 is 2.40 bits per heavy atom. The van der Waals surface area contributed by atoms with Gasteiger partial charge in [-0.25, -0.2) is 9.59 Å². The lowest BCUT2D eigenvalue weighted by molar-refractivity contribution is 0.0597. The van der Waals surface area contributed by atoms with Gasteiger partial charge in [0.1, 0.15) is 5.75 Å². The molecule has 0 aliphatic heterocycles. The molecule has 2 rings (SSSR count). The first-order chi connectivity index (χ1) is 9.61. The summed E-state index contributed by atoms with van der Waals surface area (Å²) in [6.45, 7) is 1.83. The van der Waals surface area contributed by atoms with E-state index in [4.69, 9.17) is 4.74 Å².